The number of fused-ring (bicyclic) bond motifs is 1. The van der Waals surface area contributed by atoms with Crippen LogP contribution in [0.2, 0.25) is 0 Å². The Hall–Kier alpha value is -3.80. The Morgan fingerprint density at radius 3 is 2.44 bits per heavy atom. The van der Waals surface area contributed by atoms with Gasteiger partial charge in [-0.2, -0.15) is 0 Å². The molecular weight excluding hydrogens is 404 g/mol. The number of nitrogens with zero attached hydrogens (tertiary/aromatic N) is 1. The van der Waals surface area contributed by atoms with Crippen LogP contribution in [-0.4, -0.2) is 37.5 Å². The molecule has 6 nitrogen and oxygen atoms in total. The summed E-state index contributed by atoms with van der Waals surface area (Å²) in [6, 6.07) is 20.7. The zero-order valence-corrected chi connectivity index (χ0v) is 18.3. The number of rotatable bonds is 6. The Morgan fingerprint density at radius 2 is 1.69 bits per heavy atom. The molecule has 6 heteroatoms. The van der Waals surface area contributed by atoms with Gasteiger partial charge in [0.25, 0.3) is 5.91 Å². The second-order valence-electron chi connectivity index (χ2n) is 7.74. The lowest BCUT2D eigenvalue weighted by atomic mass is 9.98. The summed E-state index contributed by atoms with van der Waals surface area (Å²) in [5.41, 5.74) is 4.51. The van der Waals surface area contributed by atoms with Crippen LogP contribution in [0.4, 0.5) is 5.69 Å². The Kier molecular flexibility index (Phi) is 6.40. The molecule has 0 radical (unpaired) electrons. The molecule has 2 amide bonds. The fourth-order valence-corrected chi connectivity index (χ4v) is 3.95. The van der Waals surface area contributed by atoms with Gasteiger partial charge in [-0.15, -0.1) is 0 Å². The van der Waals surface area contributed by atoms with Crippen molar-refractivity contribution in [2.45, 2.75) is 19.4 Å². The first kappa shape index (κ1) is 21.4. The molecule has 32 heavy (non-hydrogen) atoms. The van der Waals surface area contributed by atoms with Crippen LogP contribution in [0.1, 0.15) is 27.0 Å². The fraction of sp³-hybridized carbons (Fsp3) is 0.231. The molecule has 3 aromatic carbocycles. The number of benzene rings is 3. The molecule has 0 aromatic heterocycles. The van der Waals surface area contributed by atoms with Crippen molar-refractivity contribution in [1.29, 1.82) is 0 Å². The summed E-state index contributed by atoms with van der Waals surface area (Å²) < 4.78 is 10.6. The van der Waals surface area contributed by atoms with Crippen LogP contribution in [0, 0.1) is 0 Å². The van der Waals surface area contributed by atoms with E-state index < -0.39 is 0 Å². The Balaban J connectivity index is 1.43. The molecule has 0 saturated heterocycles. The molecule has 0 atom stereocenters. The van der Waals surface area contributed by atoms with Gasteiger partial charge in [0.2, 0.25) is 5.91 Å². The Bertz CT molecular complexity index is 1130. The Labute approximate surface area is 187 Å². The minimum atomic E-state index is -0.120. The summed E-state index contributed by atoms with van der Waals surface area (Å²) in [6.07, 6.45) is 1.02. The minimum Gasteiger partial charge on any atom is -0.493 e. The number of carbonyl (C=O) groups excluding carboxylic acids is 2. The SMILES string of the molecule is COc1ccc(CC(=O)Nc2ccc3c(c2)CN(C(=O)c2ccccc2)CC3)cc1OC. The van der Waals surface area contributed by atoms with Gasteiger partial charge in [-0.3, -0.25) is 9.59 Å². The summed E-state index contributed by atoms with van der Waals surface area (Å²) in [7, 11) is 3.15. The zero-order valence-electron chi connectivity index (χ0n) is 18.3. The molecule has 164 valence electrons. The van der Waals surface area contributed by atoms with Crippen molar-refractivity contribution >= 4 is 17.5 Å². The molecule has 0 aliphatic carbocycles. The number of anilines is 1. The Morgan fingerprint density at radius 1 is 0.906 bits per heavy atom. The van der Waals surface area contributed by atoms with E-state index in [4.69, 9.17) is 9.47 Å². The number of nitrogens with one attached hydrogen (secondary N) is 1. The highest BCUT2D eigenvalue weighted by molar-refractivity contribution is 5.94. The normalized spacial score (nSPS) is 12.6. The maximum absolute atomic E-state index is 12.8. The van der Waals surface area contributed by atoms with Gasteiger partial charge >= 0.3 is 0 Å². The van der Waals surface area contributed by atoms with Gasteiger partial charge in [0.15, 0.2) is 11.5 Å². The van der Waals surface area contributed by atoms with Gasteiger partial charge in [-0.25, -0.2) is 0 Å². The van der Waals surface area contributed by atoms with Crippen LogP contribution in [0.3, 0.4) is 0 Å². The highest BCUT2D eigenvalue weighted by Crippen LogP contribution is 2.28. The number of hydrogen-bond acceptors (Lipinski definition) is 4. The molecule has 1 heterocycles. The number of ether oxygens (including phenoxy) is 2. The maximum atomic E-state index is 12.8. The molecular formula is C26H26N2O4. The molecule has 0 unspecified atom stereocenters. The number of carbonyl (C=O) groups is 2. The zero-order chi connectivity index (χ0) is 22.5. The van der Waals surface area contributed by atoms with Crippen molar-refractivity contribution in [1.82, 2.24) is 4.90 Å². The smallest absolute Gasteiger partial charge is 0.254 e. The lowest BCUT2D eigenvalue weighted by Gasteiger charge is -2.29. The van der Waals surface area contributed by atoms with Crippen LogP contribution in [0.25, 0.3) is 0 Å². The second-order valence-corrected chi connectivity index (χ2v) is 7.74. The summed E-state index contributed by atoms with van der Waals surface area (Å²) in [4.78, 5) is 27.3. The third-order valence-electron chi connectivity index (χ3n) is 5.62. The monoisotopic (exact) mass is 430 g/mol. The molecule has 0 saturated carbocycles. The van der Waals surface area contributed by atoms with Gasteiger partial charge in [-0.1, -0.05) is 30.3 Å². The van der Waals surface area contributed by atoms with Gasteiger partial charge in [0, 0.05) is 24.3 Å². The molecule has 4 rings (SSSR count). The molecule has 0 spiro atoms. The van der Waals surface area contributed by atoms with Crippen molar-refractivity contribution in [2.24, 2.45) is 0 Å². The van der Waals surface area contributed by atoms with Gasteiger partial charge in [0.05, 0.1) is 20.6 Å². The van der Waals surface area contributed by atoms with Crippen LogP contribution in [-0.2, 0) is 24.2 Å². The summed E-state index contributed by atoms with van der Waals surface area (Å²) >= 11 is 0. The van der Waals surface area contributed by atoms with Gasteiger partial charge < -0.3 is 19.7 Å². The van der Waals surface area contributed by atoms with E-state index in [-0.39, 0.29) is 18.2 Å². The second kappa shape index (κ2) is 9.56. The topological polar surface area (TPSA) is 67.9 Å². The lowest BCUT2D eigenvalue weighted by Crippen LogP contribution is -2.36. The first-order valence-corrected chi connectivity index (χ1v) is 10.5. The largest absolute Gasteiger partial charge is 0.493 e. The number of methoxy groups -OCH3 is 2. The van der Waals surface area contributed by atoms with E-state index in [0.717, 1.165) is 23.2 Å². The van der Waals surface area contributed by atoms with Crippen LogP contribution in [0.15, 0.2) is 66.7 Å². The van der Waals surface area contributed by atoms with E-state index in [1.807, 2.05) is 59.5 Å². The average molecular weight is 431 g/mol. The third kappa shape index (κ3) is 4.75. The molecule has 1 aliphatic heterocycles. The average Bonchev–Trinajstić information content (AvgIpc) is 2.83. The van der Waals surface area contributed by atoms with E-state index >= 15 is 0 Å². The van der Waals surface area contributed by atoms with Gasteiger partial charge in [0.1, 0.15) is 0 Å². The third-order valence-corrected chi connectivity index (χ3v) is 5.62. The van der Waals surface area contributed by atoms with Crippen LogP contribution in [0.5, 0.6) is 11.5 Å². The minimum absolute atomic E-state index is 0.0270. The lowest BCUT2D eigenvalue weighted by molar-refractivity contribution is -0.115. The van der Waals surface area contributed by atoms with Crippen LogP contribution >= 0.6 is 0 Å². The van der Waals surface area contributed by atoms with E-state index in [2.05, 4.69) is 5.32 Å². The summed E-state index contributed by atoms with van der Waals surface area (Å²) in [5, 5.41) is 2.97. The standard InChI is InChI=1S/C26H26N2O4/c1-31-23-11-8-18(14-24(23)32-2)15-25(29)27-22-10-9-19-12-13-28(17-21(19)16-22)26(30)20-6-4-3-5-7-20/h3-11,14,16H,12-13,15,17H2,1-2H3,(H,27,29). The maximum Gasteiger partial charge on any atom is 0.254 e. The molecule has 1 N–H and O–H groups in total. The molecule has 1 aliphatic rings. The summed E-state index contributed by atoms with van der Waals surface area (Å²) in [6.45, 7) is 1.22. The highest BCUT2D eigenvalue weighted by atomic mass is 16.5. The predicted octanol–water partition coefficient (Wildman–Crippen LogP) is 4.08. The summed E-state index contributed by atoms with van der Waals surface area (Å²) in [5.74, 6) is 1.13. The van der Waals surface area contributed by atoms with Gasteiger partial charge in [-0.05, 0) is 59.5 Å². The highest BCUT2D eigenvalue weighted by Gasteiger charge is 2.22. The van der Waals surface area contributed by atoms with Crippen molar-refractivity contribution < 1.29 is 19.1 Å². The van der Waals surface area contributed by atoms with Crippen molar-refractivity contribution in [3.05, 3.63) is 89.0 Å². The molecule has 3 aromatic rings. The van der Waals surface area contributed by atoms with E-state index in [1.54, 1.807) is 26.4 Å². The van der Waals surface area contributed by atoms with E-state index in [9.17, 15) is 9.59 Å². The first-order chi connectivity index (χ1) is 15.6. The number of hydrogen-bond donors (Lipinski definition) is 1. The quantitative estimate of drug-likeness (QED) is 0.640. The van der Waals surface area contributed by atoms with E-state index in [0.29, 0.717) is 30.2 Å². The van der Waals surface area contributed by atoms with Crippen LogP contribution < -0.4 is 14.8 Å². The molecule has 0 bridgehead atoms. The number of amides is 2. The molecule has 0 fully saturated rings. The predicted molar refractivity (Wildman–Crippen MR) is 123 cm³/mol. The fourth-order valence-electron chi connectivity index (χ4n) is 3.95. The van der Waals surface area contributed by atoms with Crippen molar-refractivity contribution in [2.75, 3.05) is 26.1 Å². The first-order valence-electron chi connectivity index (χ1n) is 10.5. The van der Waals surface area contributed by atoms with Crippen molar-refractivity contribution in [3.63, 3.8) is 0 Å². The van der Waals surface area contributed by atoms with Crippen molar-refractivity contribution in [3.8, 4) is 11.5 Å². The van der Waals surface area contributed by atoms with E-state index in [1.165, 1.54) is 5.56 Å².